The number of rotatable bonds is 6. The Kier molecular flexibility index (Phi) is 6.08. The zero-order valence-electron chi connectivity index (χ0n) is 16.6. The van der Waals surface area contributed by atoms with Crippen molar-refractivity contribution in [1.82, 2.24) is 0 Å². The lowest BCUT2D eigenvalue weighted by Gasteiger charge is -2.51. The molecule has 0 atom stereocenters. The minimum absolute atomic E-state index is 0.0175. The van der Waals surface area contributed by atoms with Crippen molar-refractivity contribution in [3.05, 3.63) is 35.4 Å². The molecule has 0 unspecified atom stereocenters. The molecule has 5 heteroatoms. The molecule has 0 saturated carbocycles. The van der Waals surface area contributed by atoms with Crippen LogP contribution in [-0.4, -0.2) is 27.9 Å². The van der Waals surface area contributed by atoms with Crippen molar-refractivity contribution in [1.29, 1.82) is 5.26 Å². The summed E-state index contributed by atoms with van der Waals surface area (Å²) in [6.45, 7) is 8.75. The van der Waals surface area contributed by atoms with Gasteiger partial charge in [0.1, 0.15) is 8.07 Å². The van der Waals surface area contributed by atoms with Crippen LogP contribution in [0.15, 0.2) is 24.3 Å². The van der Waals surface area contributed by atoms with Crippen LogP contribution in [0.4, 0.5) is 0 Å². The maximum atomic E-state index is 8.69. The molecule has 0 N–H and O–H groups in total. The summed E-state index contributed by atoms with van der Waals surface area (Å²) in [6, 6.07) is 11.3. The molecule has 0 radical (unpaired) electrons. The van der Waals surface area contributed by atoms with Gasteiger partial charge in [0.2, 0.25) is 0 Å². The van der Waals surface area contributed by atoms with Crippen molar-refractivity contribution >= 4 is 8.07 Å². The number of hydrogen-bond donors (Lipinski definition) is 0. The highest BCUT2D eigenvalue weighted by atomic mass is 28.3. The molecule has 0 amide bonds. The predicted molar refractivity (Wildman–Crippen MR) is 107 cm³/mol. The van der Waals surface area contributed by atoms with Gasteiger partial charge in [0.05, 0.1) is 25.9 Å². The van der Waals surface area contributed by atoms with Crippen LogP contribution >= 0.6 is 0 Å². The number of fused-ring (bicyclic) bond motifs is 3. The summed E-state index contributed by atoms with van der Waals surface area (Å²) in [5, 5.41) is 8.69. The molecule has 1 aromatic carbocycles. The fraction of sp³-hybridized carbons (Fsp3) is 0.591. The van der Waals surface area contributed by atoms with Crippen LogP contribution in [0.2, 0.25) is 19.1 Å². The topological polar surface area (TPSA) is 51.5 Å². The molecule has 4 nitrogen and oxygen atoms in total. The fourth-order valence-corrected chi connectivity index (χ4v) is 5.33. The summed E-state index contributed by atoms with van der Waals surface area (Å²) in [5.41, 5.74) is 5.37. The molecule has 3 aliphatic heterocycles. The van der Waals surface area contributed by atoms with Gasteiger partial charge in [-0.25, -0.2) is 0 Å². The standard InChI is InChI=1S/C22H29NO3Si/c1-4-12-21-16-24-22(25-17-21,26-18-21)20-9-7-19(8-10-20)11-15-27(2,3)14-6-5-13-23/h7-10H,4-6,12,14,16-18H2,1-3H3. The van der Waals surface area contributed by atoms with E-state index < -0.39 is 14.0 Å². The van der Waals surface area contributed by atoms with Gasteiger partial charge in [0.15, 0.2) is 0 Å². The number of unbranched alkanes of at least 4 members (excludes halogenated alkanes) is 1. The Hall–Kier alpha value is -1.63. The molecule has 27 heavy (non-hydrogen) atoms. The summed E-state index contributed by atoms with van der Waals surface area (Å²) in [5.74, 6) is 2.26. The molecule has 2 bridgehead atoms. The number of ether oxygens (including phenoxy) is 3. The largest absolute Gasteiger partial charge is 0.323 e. The van der Waals surface area contributed by atoms with Crippen molar-refractivity contribution < 1.29 is 14.2 Å². The molecule has 3 fully saturated rings. The number of benzene rings is 1. The second-order valence-corrected chi connectivity index (χ2v) is 12.9. The molecule has 0 aromatic heterocycles. The monoisotopic (exact) mass is 383 g/mol. The van der Waals surface area contributed by atoms with E-state index in [9.17, 15) is 0 Å². The van der Waals surface area contributed by atoms with Crippen molar-refractivity contribution in [2.45, 2.75) is 57.7 Å². The van der Waals surface area contributed by atoms with E-state index in [-0.39, 0.29) is 5.41 Å². The summed E-state index contributed by atoms with van der Waals surface area (Å²) in [4.78, 5) is 0. The van der Waals surface area contributed by atoms with E-state index >= 15 is 0 Å². The van der Waals surface area contributed by atoms with Gasteiger partial charge >= 0.3 is 5.97 Å². The first kappa shape index (κ1) is 20.1. The lowest BCUT2D eigenvalue weighted by atomic mass is 9.83. The number of nitriles is 1. The van der Waals surface area contributed by atoms with E-state index in [1.165, 1.54) is 0 Å². The first-order valence-electron chi connectivity index (χ1n) is 9.85. The Labute approximate surface area is 163 Å². The molecule has 0 aliphatic carbocycles. The lowest BCUT2D eigenvalue weighted by molar-refractivity contribution is -0.480. The highest BCUT2D eigenvalue weighted by molar-refractivity contribution is 6.85. The van der Waals surface area contributed by atoms with Crippen molar-refractivity contribution in [2.75, 3.05) is 19.8 Å². The zero-order valence-corrected chi connectivity index (χ0v) is 17.6. The second-order valence-electron chi connectivity index (χ2n) is 8.40. The fourth-order valence-electron chi connectivity index (χ4n) is 3.66. The van der Waals surface area contributed by atoms with Crippen LogP contribution in [0.3, 0.4) is 0 Å². The average molecular weight is 384 g/mol. The molecule has 4 rings (SSSR count). The summed E-state index contributed by atoms with van der Waals surface area (Å²) in [7, 11) is -1.59. The highest BCUT2D eigenvalue weighted by Gasteiger charge is 2.53. The summed E-state index contributed by atoms with van der Waals surface area (Å²) < 4.78 is 18.0. The zero-order chi connectivity index (χ0) is 19.4. The lowest BCUT2D eigenvalue weighted by Crippen LogP contribution is -2.58. The minimum Gasteiger partial charge on any atom is -0.323 e. The molecule has 0 spiro atoms. The average Bonchev–Trinajstić information content (AvgIpc) is 2.68. The third kappa shape index (κ3) is 4.62. The van der Waals surface area contributed by atoms with E-state index in [0.29, 0.717) is 26.2 Å². The minimum atomic E-state index is -1.59. The normalized spacial score (nSPS) is 26.9. The van der Waals surface area contributed by atoms with Gasteiger partial charge < -0.3 is 14.2 Å². The van der Waals surface area contributed by atoms with Gasteiger partial charge in [-0.05, 0) is 43.2 Å². The van der Waals surface area contributed by atoms with Crippen LogP contribution in [-0.2, 0) is 20.2 Å². The van der Waals surface area contributed by atoms with Crippen LogP contribution in [0.25, 0.3) is 0 Å². The summed E-state index contributed by atoms with van der Waals surface area (Å²) in [6.07, 6.45) is 3.73. The second kappa shape index (κ2) is 8.16. The molecule has 144 valence electrons. The maximum Gasteiger partial charge on any atom is 0.312 e. The van der Waals surface area contributed by atoms with Crippen LogP contribution < -0.4 is 0 Å². The van der Waals surface area contributed by atoms with Gasteiger partial charge in [-0.2, -0.15) is 5.26 Å². The van der Waals surface area contributed by atoms with Crippen LogP contribution in [0.1, 0.15) is 43.7 Å². The molecular formula is C22H29NO3Si. The van der Waals surface area contributed by atoms with Crippen LogP contribution in [0, 0.1) is 28.2 Å². The van der Waals surface area contributed by atoms with Crippen LogP contribution in [0.5, 0.6) is 0 Å². The first-order valence-corrected chi connectivity index (χ1v) is 13.1. The van der Waals surface area contributed by atoms with Gasteiger partial charge in [0, 0.05) is 23.0 Å². The Bertz CT molecular complexity index is 730. The predicted octanol–water partition coefficient (Wildman–Crippen LogP) is 4.56. The summed E-state index contributed by atoms with van der Waals surface area (Å²) >= 11 is 0. The molecule has 3 heterocycles. The van der Waals surface area contributed by atoms with Crippen molar-refractivity contribution in [2.24, 2.45) is 5.41 Å². The highest BCUT2D eigenvalue weighted by Crippen LogP contribution is 2.46. The van der Waals surface area contributed by atoms with Gasteiger partial charge in [-0.3, -0.25) is 0 Å². The molecule has 3 saturated heterocycles. The van der Waals surface area contributed by atoms with Crippen molar-refractivity contribution in [3.8, 4) is 17.5 Å². The van der Waals surface area contributed by atoms with Crippen molar-refractivity contribution in [3.63, 3.8) is 0 Å². The van der Waals surface area contributed by atoms with Gasteiger partial charge in [-0.15, -0.1) is 5.54 Å². The SMILES string of the molecule is CCCC12COC(c3ccc(C#C[Si](C)(C)CCCC#N)cc3)(OC1)OC2. The maximum absolute atomic E-state index is 8.69. The Morgan fingerprint density at radius 2 is 1.70 bits per heavy atom. The number of nitrogens with zero attached hydrogens (tertiary/aromatic N) is 1. The Balaban J connectivity index is 1.65. The smallest absolute Gasteiger partial charge is 0.312 e. The van der Waals surface area contributed by atoms with Gasteiger partial charge in [0.25, 0.3) is 0 Å². The molecule has 1 aromatic rings. The van der Waals surface area contributed by atoms with E-state index in [4.69, 9.17) is 19.5 Å². The third-order valence-electron chi connectivity index (χ3n) is 5.36. The third-order valence-corrected chi connectivity index (χ3v) is 7.76. The van der Waals surface area contributed by atoms with Gasteiger partial charge in [-0.1, -0.05) is 32.4 Å². The molecular weight excluding hydrogens is 354 g/mol. The van der Waals surface area contributed by atoms with E-state index in [2.05, 4.69) is 37.6 Å². The first-order chi connectivity index (χ1) is 12.9. The van der Waals surface area contributed by atoms with E-state index in [1.54, 1.807) is 0 Å². The van der Waals surface area contributed by atoms with E-state index in [1.807, 2.05) is 24.3 Å². The Morgan fingerprint density at radius 3 is 2.26 bits per heavy atom. The van der Waals surface area contributed by atoms with E-state index in [0.717, 1.165) is 36.4 Å². The number of hydrogen-bond acceptors (Lipinski definition) is 4. The quantitative estimate of drug-likeness (QED) is 0.410. The molecule has 3 aliphatic rings. The Morgan fingerprint density at radius 1 is 1.07 bits per heavy atom.